The molecule has 1 aliphatic heterocycles. The lowest BCUT2D eigenvalue weighted by Gasteiger charge is -2.23. The van der Waals surface area contributed by atoms with Crippen LogP contribution in [-0.4, -0.2) is 37.1 Å². The van der Waals surface area contributed by atoms with Crippen LogP contribution in [0.3, 0.4) is 0 Å². The molecule has 0 spiro atoms. The minimum atomic E-state index is -0.213. The number of rotatable bonds is 9. The summed E-state index contributed by atoms with van der Waals surface area (Å²) >= 11 is 0. The number of aliphatic hydroxyl groups excluding tert-OH is 1. The van der Waals surface area contributed by atoms with Gasteiger partial charge in [0.2, 0.25) is 0 Å². The molecule has 1 aliphatic carbocycles. The molecule has 1 aromatic rings. The van der Waals surface area contributed by atoms with Crippen molar-refractivity contribution < 1.29 is 14.6 Å². The van der Waals surface area contributed by atoms with Crippen LogP contribution in [0, 0.1) is 17.8 Å². The molecule has 0 bridgehead atoms. The van der Waals surface area contributed by atoms with E-state index in [1.807, 2.05) is 6.07 Å². The molecule has 3 rings (SSSR count). The molecule has 26 heavy (non-hydrogen) atoms. The van der Waals surface area contributed by atoms with E-state index in [9.17, 15) is 5.11 Å². The van der Waals surface area contributed by atoms with E-state index >= 15 is 0 Å². The van der Waals surface area contributed by atoms with Crippen molar-refractivity contribution in [3.63, 3.8) is 0 Å². The van der Waals surface area contributed by atoms with Gasteiger partial charge >= 0.3 is 0 Å². The predicted octanol–water partition coefficient (Wildman–Crippen LogP) is 4.62. The van der Waals surface area contributed by atoms with Gasteiger partial charge in [-0.25, -0.2) is 0 Å². The van der Waals surface area contributed by atoms with Crippen molar-refractivity contribution in [2.45, 2.75) is 70.5 Å². The molecule has 3 heteroatoms. The molecule has 1 saturated carbocycles. The van der Waals surface area contributed by atoms with Crippen molar-refractivity contribution in [3.05, 3.63) is 35.9 Å². The van der Waals surface area contributed by atoms with Gasteiger partial charge in [0.1, 0.15) is 0 Å². The van der Waals surface area contributed by atoms with Crippen LogP contribution in [0.4, 0.5) is 0 Å². The summed E-state index contributed by atoms with van der Waals surface area (Å²) in [6.45, 7) is 4.66. The summed E-state index contributed by atoms with van der Waals surface area (Å²) in [5.41, 5.74) is 1.32. The van der Waals surface area contributed by atoms with Crippen molar-refractivity contribution >= 4 is 0 Å². The van der Waals surface area contributed by atoms with Gasteiger partial charge in [-0.05, 0) is 55.4 Å². The summed E-state index contributed by atoms with van der Waals surface area (Å²) < 4.78 is 12.1. The van der Waals surface area contributed by atoms with Crippen LogP contribution in [0.25, 0.3) is 0 Å². The normalized spacial score (nSPS) is 31.5. The van der Waals surface area contributed by atoms with E-state index in [0.29, 0.717) is 11.8 Å². The number of unbranched alkanes of at least 4 members (excludes halogenated alkanes) is 1. The topological polar surface area (TPSA) is 38.7 Å². The Kier molecular flexibility index (Phi) is 7.97. The molecule has 2 fully saturated rings. The van der Waals surface area contributed by atoms with Crippen molar-refractivity contribution in [1.82, 2.24) is 0 Å². The number of fused-ring (bicyclic) bond motifs is 1. The van der Waals surface area contributed by atoms with Crippen LogP contribution >= 0.6 is 0 Å². The maximum absolute atomic E-state index is 10.5. The van der Waals surface area contributed by atoms with Crippen LogP contribution in [0.1, 0.15) is 57.4 Å². The molecule has 1 aromatic carbocycles. The minimum Gasteiger partial charge on any atom is -0.393 e. The zero-order valence-corrected chi connectivity index (χ0v) is 16.3. The molecule has 0 aromatic heterocycles. The van der Waals surface area contributed by atoms with Crippen LogP contribution in [-0.2, 0) is 15.9 Å². The quantitative estimate of drug-likeness (QED) is 0.653. The number of hydrogen-bond acceptors (Lipinski definition) is 3. The average molecular weight is 361 g/mol. The molecule has 1 heterocycles. The summed E-state index contributed by atoms with van der Waals surface area (Å²) in [4.78, 5) is 0. The first-order chi connectivity index (χ1) is 12.8. The largest absolute Gasteiger partial charge is 0.393 e. The fourth-order valence-corrected chi connectivity index (χ4v) is 4.79. The molecular formula is C23H36O3. The zero-order valence-electron chi connectivity index (χ0n) is 16.3. The first-order valence-corrected chi connectivity index (χ1v) is 10.7. The minimum absolute atomic E-state index is 0.213. The van der Waals surface area contributed by atoms with E-state index in [-0.39, 0.29) is 12.2 Å². The second-order valence-corrected chi connectivity index (χ2v) is 8.22. The molecule has 0 unspecified atom stereocenters. The van der Waals surface area contributed by atoms with Crippen molar-refractivity contribution in [2.24, 2.45) is 17.8 Å². The highest BCUT2D eigenvalue weighted by Gasteiger charge is 2.44. The molecule has 0 radical (unpaired) electrons. The summed E-state index contributed by atoms with van der Waals surface area (Å²) in [5.74, 6) is 1.59. The molecule has 3 nitrogen and oxygen atoms in total. The van der Waals surface area contributed by atoms with Crippen LogP contribution in [0.15, 0.2) is 30.3 Å². The van der Waals surface area contributed by atoms with Crippen LogP contribution in [0.5, 0.6) is 0 Å². The third-order valence-corrected chi connectivity index (χ3v) is 6.39. The maximum Gasteiger partial charge on any atom is 0.0631 e. The number of ether oxygens (including phenoxy) is 2. The van der Waals surface area contributed by atoms with Gasteiger partial charge in [0.15, 0.2) is 0 Å². The van der Waals surface area contributed by atoms with E-state index in [4.69, 9.17) is 9.47 Å². The lowest BCUT2D eigenvalue weighted by Crippen LogP contribution is -2.24. The van der Waals surface area contributed by atoms with Crippen LogP contribution in [0.2, 0.25) is 0 Å². The van der Waals surface area contributed by atoms with Gasteiger partial charge in [-0.3, -0.25) is 0 Å². The van der Waals surface area contributed by atoms with Crippen molar-refractivity contribution in [3.8, 4) is 0 Å². The average Bonchev–Trinajstić information content (AvgIpc) is 2.83. The summed E-state index contributed by atoms with van der Waals surface area (Å²) in [6, 6.07) is 10.5. The third kappa shape index (κ3) is 5.55. The molecule has 146 valence electrons. The molecule has 5 atom stereocenters. The van der Waals surface area contributed by atoms with Crippen molar-refractivity contribution in [2.75, 3.05) is 19.8 Å². The second kappa shape index (κ2) is 10.4. The van der Waals surface area contributed by atoms with E-state index in [0.717, 1.165) is 45.0 Å². The van der Waals surface area contributed by atoms with Gasteiger partial charge in [-0.1, -0.05) is 50.1 Å². The van der Waals surface area contributed by atoms with Gasteiger partial charge in [0.05, 0.1) is 18.8 Å². The first kappa shape index (κ1) is 19.9. The zero-order chi connectivity index (χ0) is 18.2. The van der Waals surface area contributed by atoms with Gasteiger partial charge in [0, 0.05) is 19.6 Å². The number of benzene rings is 1. The summed E-state index contributed by atoms with van der Waals surface area (Å²) in [5, 5.41) is 10.5. The smallest absolute Gasteiger partial charge is 0.0631 e. The Balaban J connectivity index is 1.39. The van der Waals surface area contributed by atoms with Gasteiger partial charge in [0.25, 0.3) is 0 Å². The number of aliphatic hydroxyl groups is 1. The Labute approximate surface area is 159 Å². The van der Waals surface area contributed by atoms with Gasteiger partial charge in [-0.15, -0.1) is 0 Å². The Morgan fingerprint density at radius 2 is 1.96 bits per heavy atom. The van der Waals surface area contributed by atoms with Gasteiger partial charge < -0.3 is 14.6 Å². The van der Waals surface area contributed by atoms with E-state index in [1.54, 1.807) is 0 Å². The van der Waals surface area contributed by atoms with E-state index in [1.165, 1.54) is 37.7 Å². The lowest BCUT2D eigenvalue weighted by molar-refractivity contribution is 0.0160. The monoisotopic (exact) mass is 360 g/mol. The van der Waals surface area contributed by atoms with Crippen LogP contribution < -0.4 is 0 Å². The Morgan fingerprint density at radius 3 is 2.77 bits per heavy atom. The summed E-state index contributed by atoms with van der Waals surface area (Å²) in [6.07, 6.45) is 9.15. The van der Waals surface area contributed by atoms with E-state index < -0.39 is 0 Å². The molecule has 0 amide bonds. The lowest BCUT2D eigenvalue weighted by atomic mass is 9.85. The Morgan fingerprint density at radius 1 is 1.12 bits per heavy atom. The molecule has 1 N–H and O–H groups in total. The fourth-order valence-electron chi connectivity index (χ4n) is 4.79. The van der Waals surface area contributed by atoms with Gasteiger partial charge in [-0.2, -0.15) is 0 Å². The third-order valence-electron chi connectivity index (χ3n) is 6.39. The van der Waals surface area contributed by atoms with E-state index in [2.05, 4.69) is 31.2 Å². The fraction of sp³-hybridized carbons (Fsp3) is 0.739. The molecule has 2 aliphatic rings. The SMILES string of the molecule is CCCC[C@H]1CC[C@@H]2[C@@H](CCOCCc3ccccc3)[C@H](O)C[C@@H]2OC1. The maximum atomic E-state index is 10.5. The molecule has 1 saturated heterocycles. The second-order valence-electron chi connectivity index (χ2n) is 8.22. The molecular weight excluding hydrogens is 324 g/mol. The standard InChI is InChI=1S/C23H36O3/c1-2-3-7-19-10-11-21-20(22(24)16-23(21)26-17-19)13-15-25-14-12-18-8-5-4-6-9-18/h4-6,8-9,19-24H,2-3,7,10-17H2,1H3/t19-,20+,21+,22+,23-/m0/s1. The highest BCUT2D eigenvalue weighted by molar-refractivity contribution is 5.14. The predicted molar refractivity (Wildman–Crippen MR) is 105 cm³/mol. The first-order valence-electron chi connectivity index (χ1n) is 10.7. The Bertz CT molecular complexity index is 503. The Hall–Kier alpha value is -0.900. The summed E-state index contributed by atoms with van der Waals surface area (Å²) in [7, 11) is 0. The highest BCUT2D eigenvalue weighted by Crippen LogP contribution is 2.42. The van der Waals surface area contributed by atoms with Crippen molar-refractivity contribution in [1.29, 1.82) is 0 Å². The highest BCUT2D eigenvalue weighted by atomic mass is 16.5. The number of hydrogen-bond donors (Lipinski definition) is 1.